The van der Waals surface area contributed by atoms with E-state index in [4.69, 9.17) is 0 Å². The lowest BCUT2D eigenvalue weighted by Gasteiger charge is -2.29. The van der Waals surface area contributed by atoms with E-state index in [1.54, 1.807) is 0 Å². The zero-order valence-electron chi connectivity index (χ0n) is 12.2. The summed E-state index contributed by atoms with van der Waals surface area (Å²) in [6, 6.07) is 3.61. The molecule has 1 aromatic carbocycles. The van der Waals surface area contributed by atoms with Crippen molar-refractivity contribution in [3.8, 4) is 0 Å². The van der Waals surface area contributed by atoms with E-state index in [1.807, 2.05) is 0 Å². The van der Waals surface area contributed by atoms with Crippen molar-refractivity contribution in [2.24, 2.45) is 0 Å². The number of hydrogen-bond acceptors (Lipinski definition) is 2. The minimum Gasteiger partial charge on any atom is -0.480 e. The maximum Gasteiger partial charge on any atom is 0.329 e. The Kier molecular flexibility index (Phi) is 5.11. The molecule has 0 bridgehead atoms. The number of benzene rings is 1. The Morgan fingerprint density at radius 1 is 1.14 bits per heavy atom. The molecule has 0 aromatic heterocycles. The first kappa shape index (κ1) is 16.4. The van der Waals surface area contributed by atoms with E-state index in [1.165, 1.54) is 12.1 Å². The van der Waals surface area contributed by atoms with Gasteiger partial charge in [0.15, 0.2) is 11.6 Å². The number of aliphatic carboxylic acids is 1. The van der Waals surface area contributed by atoms with Gasteiger partial charge >= 0.3 is 5.97 Å². The number of carbonyl (C=O) groups is 2. The Hall–Kier alpha value is -1.98. The maximum absolute atomic E-state index is 13.6. The Bertz CT molecular complexity index is 567. The molecular formula is C16H19F2NO3. The minimum absolute atomic E-state index is 0.0772. The lowest BCUT2D eigenvalue weighted by molar-refractivity contribution is -0.148. The van der Waals surface area contributed by atoms with Crippen molar-refractivity contribution < 1.29 is 23.5 Å². The number of amides is 1. The second kappa shape index (κ2) is 6.85. The Balaban J connectivity index is 2.11. The summed E-state index contributed by atoms with van der Waals surface area (Å²) >= 11 is 0. The summed E-state index contributed by atoms with van der Waals surface area (Å²) < 4.78 is 26.7. The van der Waals surface area contributed by atoms with E-state index in [2.05, 4.69) is 5.32 Å². The molecule has 1 aliphatic carbocycles. The van der Waals surface area contributed by atoms with Crippen LogP contribution >= 0.6 is 0 Å². The fourth-order valence-electron chi connectivity index (χ4n) is 2.89. The first-order valence-electron chi connectivity index (χ1n) is 7.42. The van der Waals surface area contributed by atoms with E-state index in [-0.39, 0.29) is 12.0 Å². The van der Waals surface area contributed by atoms with Crippen LogP contribution in [0.15, 0.2) is 18.2 Å². The summed E-state index contributed by atoms with van der Waals surface area (Å²) in [6.07, 6.45) is 3.66. The van der Waals surface area contributed by atoms with E-state index in [0.717, 1.165) is 31.7 Å². The zero-order chi connectivity index (χ0) is 16.2. The second-order valence-electron chi connectivity index (χ2n) is 5.74. The largest absolute Gasteiger partial charge is 0.480 e. The molecular weight excluding hydrogens is 292 g/mol. The molecule has 0 heterocycles. The fourth-order valence-corrected chi connectivity index (χ4v) is 2.89. The van der Waals surface area contributed by atoms with Crippen LogP contribution < -0.4 is 5.32 Å². The number of hydrogen-bond donors (Lipinski definition) is 2. The number of rotatable bonds is 4. The fraction of sp³-hybridized carbons (Fsp3) is 0.500. The number of carboxylic acids is 1. The van der Waals surface area contributed by atoms with Crippen LogP contribution in [0.5, 0.6) is 0 Å². The number of halogens is 2. The molecule has 0 unspecified atom stereocenters. The van der Waals surface area contributed by atoms with Crippen LogP contribution in [-0.2, 0) is 16.0 Å². The predicted molar refractivity (Wildman–Crippen MR) is 76.3 cm³/mol. The smallest absolute Gasteiger partial charge is 0.329 e. The van der Waals surface area contributed by atoms with Crippen molar-refractivity contribution in [3.05, 3.63) is 35.4 Å². The van der Waals surface area contributed by atoms with Crippen molar-refractivity contribution in [1.82, 2.24) is 5.32 Å². The highest BCUT2D eigenvalue weighted by Gasteiger charge is 2.40. The summed E-state index contributed by atoms with van der Waals surface area (Å²) in [7, 11) is 0. The van der Waals surface area contributed by atoms with E-state index in [0.29, 0.717) is 12.8 Å². The molecule has 1 aromatic rings. The number of carboxylic acid groups (broad SMARTS) is 1. The number of nitrogens with one attached hydrogen (secondary N) is 1. The molecule has 0 saturated heterocycles. The van der Waals surface area contributed by atoms with Gasteiger partial charge in [-0.2, -0.15) is 0 Å². The normalized spacial score (nSPS) is 17.5. The van der Waals surface area contributed by atoms with Crippen molar-refractivity contribution in [2.75, 3.05) is 0 Å². The van der Waals surface area contributed by atoms with Gasteiger partial charge < -0.3 is 10.4 Å². The average molecular weight is 311 g/mol. The van der Waals surface area contributed by atoms with Gasteiger partial charge in [-0.25, -0.2) is 13.6 Å². The lowest BCUT2D eigenvalue weighted by atomic mass is 9.90. The van der Waals surface area contributed by atoms with Crippen LogP contribution in [0.3, 0.4) is 0 Å². The first-order valence-corrected chi connectivity index (χ1v) is 7.42. The quantitative estimate of drug-likeness (QED) is 0.840. The van der Waals surface area contributed by atoms with E-state index >= 15 is 0 Å². The van der Waals surface area contributed by atoms with Gasteiger partial charge in [-0.1, -0.05) is 37.8 Å². The molecule has 22 heavy (non-hydrogen) atoms. The van der Waals surface area contributed by atoms with Crippen molar-refractivity contribution in [3.63, 3.8) is 0 Å². The summed E-state index contributed by atoms with van der Waals surface area (Å²) in [6.45, 7) is 0. The van der Waals surface area contributed by atoms with Gasteiger partial charge in [-0.15, -0.1) is 0 Å². The monoisotopic (exact) mass is 311 g/mol. The average Bonchev–Trinajstić information content (AvgIpc) is 2.70. The molecule has 0 spiro atoms. The van der Waals surface area contributed by atoms with Gasteiger partial charge in [0, 0.05) is 5.56 Å². The van der Waals surface area contributed by atoms with Crippen molar-refractivity contribution in [1.29, 1.82) is 0 Å². The maximum atomic E-state index is 13.6. The van der Waals surface area contributed by atoms with Gasteiger partial charge in [0.05, 0.1) is 6.42 Å². The van der Waals surface area contributed by atoms with Gasteiger partial charge in [-0.3, -0.25) is 4.79 Å². The molecule has 4 nitrogen and oxygen atoms in total. The number of carbonyl (C=O) groups excluding carboxylic acids is 1. The summed E-state index contributed by atoms with van der Waals surface area (Å²) in [5.41, 5.74) is -1.37. The van der Waals surface area contributed by atoms with Gasteiger partial charge in [0.1, 0.15) is 5.54 Å². The molecule has 6 heteroatoms. The Labute approximate surface area is 127 Å². The van der Waals surface area contributed by atoms with Gasteiger partial charge in [0.25, 0.3) is 0 Å². The third kappa shape index (κ3) is 3.61. The molecule has 1 amide bonds. The van der Waals surface area contributed by atoms with Crippen LogP contribution in [0.1, 0.15) is 44.1 Å². The summed E-state index contributed by atoms with van der Waals surface area (Å²) in [5, 5.41) is 12.0. The molecule has 0 aliphatic heterocycles. The molecule has 2 rings (SSSR count). The SMILES string of the molecule is O=C(Cc1cccc(F)c1F)NC1(C(=O)O)CCCCCC1. The Morgan fingerprint density at radius 3 is 2.36 bits per heavy atom. The van der Waals surface area contributed by atoms with E-state index < -0.39 is 29.0 Å². The first-order chi connectivity index (χ1) is 10.4. The predicted octanol–water partition coefficient (Wildman–Crippen LogP) is 2.80. The van der Waals surface area contributed by atoms with Crippen LogP contribution in [0, 0.1) is 11.6 Å². The topological polar surface area (TPSA) is 66.4 Å². The summed E-state index contributed by atoms with van der Waals surface area (Å²) in [4.78, 5) is 23.7. The van der Waals surface area contributed by atoms with E-state index in [9.17, 15) is 23.5 Å². The highest BCUT2D eigenvalue weighted by atomic mass is 19.2. The van der Waals surface area contributed by atoms with Crippen LogP contribution in [0.4, 0.5) is 8.78 Å². The molecule has 2 N–H and O–H groups in total. The highest BCUT2D eigenvalue weighted by molar-refractivity contribution is 5.88. The molecule has 0 radical (unpaired) electrons. The summed E-state index contributed by atoms with van der Waals surface area (Å²) in [5.74, 6) is -3.76. The standard InChI is InChI=1S/C16H19F2NO3/c17-12-7-5-6-11(14(12)18)10-13(20)19-16(15(21)22)8-3-1-2-4-9-16/h5-7H,1-4,8-10H2,(H,19,20)(H,21,22). The van der Waals surface area contributed by atoms with Crippen molar-refractivity contribution >= 4 is 11.9 Å². The lowest BCUT2D eigenvalue weighted by Crippen LogP contribution is -2.54. The minimum atomic E-state index is -1.29. The molecule has 0 atom stereocenters. The van der Waals surface area contributed by atoms with Gasteiger partial charge in [-0.05, 0) is 18.9 Å². The van der Waals surface area contributed by atoms with Crippen LogP contribution in [-0.4, -0.2) is 22.5 Å². The van der Waals surface area contributed by atoms with Crippen LogP contribution in [0.2, 0.25) is 0 Å². The zero-order valence-corrected chi connectivity index (χ0v) is 12.2. The Morgan fingerprint density at radius 2 is 1.77 bits per heavy atom. The van der Waals surface area contributed by atoms with Crippen molar-refractivity contribution in [2.45, 2.75) is 50.5 Å². The molecule has 1 aliphatic rings. The molecule has 1 fully saturated rings. The second-order valence-corrected chi connectivity index (χ2v) is 5.74. The molecule has 120 valence electrons. The van der Waals surface area contributed by atoms with Crippen LogP contribution in [0.25, 0.3) is 0 Å². The molecule has 1 saturated carbocycles. The third-order valence-electron chi connectivity index (χ3n) is 4.13. The van der Waals surface area contributed by atoms with Gasteiger partial charge in [0.2, 0.25) is 5.91 Å². The third-order valence-corrected chi connectivity index (χ3v) is 4.13. The highest BCUT2D eigenvalue weighted by Crippen LogP contribution is 2.27.